The number of nitrogens with zero attached hydrogens (tertiary/aromatic N) is 3. The van der Waals surface area contributed by atoms with Crippen LogP contribution in [0, 0.1) is 16.1 Å². The molecule has 0 saturated carbocycles. The number of rotatable bonds is 15. The Morgan fingerprint density at radius 3 is 2.08 bits per heavy atom. The second kappa shape index (κ2) is 17.8. The van der Waals surface area contributed by atoms with E-state index >= 15 is 0 Å². The standard InChI is InChI=1S/C44H40FN5O8S2/c1-43(2,3)41(54)58-26-57-40(53)36-27(23-56-32-21-13-20-31(45)22-32)24-59-39-35(38(52)50(36)39)47-37(51)34(49-55)33-25-60-42(46-33)48-44(28-14-7-4-8-15-28,29-16-9-5-10-17-29)30-18-11-6-12-19-30/h4-22,25,34-35,39H,23-24,26H2,1-3H3,(H,46,48)(H,47,51)/t34?,35?,39-/m0/s1. The number of esters is 2. The van der Waals surface area contributed by atoms with Gasteiger partial charge in [0.25, 0.3) is 11.8 Å². The van der Waals surface area contributed by atoms with Crippen molar-refractivity contribution in [1.82, 2.24) is 15.2 Å². The second-order valence-corrected chi connectivity index (χ2v) is 16.8. The van der Waals surface area contributed by atoms with Crippen LogP contribution in [-0.2, 0) is 34.2 Å². The number of carbonyl (C=O) groups is 4. The molecule has 1 fully saturated rings. The van der Waals surface area contributed by atoms with Crippen LogP contribution in [0.2, 0.25) is 0 Å². The molecule has 2 unspecified atom stereocenters. The van der Waals surface area contributed by atoms with Gasteiger partial charge in [-0.25, -0.2) is 14.2 Å². The third kappa shape index (κ3) is 8.65. The van der Waals surface area contributed by atoms with Crippen molar-refractivity contribution in [2.45, 2.75) is 43.8 Å². The molecule has 1 aromatic heterocycles. The van der Waals surface area contributed by atoms with E-state index < -0.39 is 64.8 Å². The van der Waals surface area contributed by atoms with Gasteiger partial charge in [-0.3, -0.25) is 19.3 Å². The predicted molar refractivity (Wildman–Crippen MR) is 224 cm³/mol. The molecule has 2 aliphatic rings. The highest BCUT2D eigenvalue weighted by atomic mass is 32.2. The van der Waals surface area contributed by atoms with Gasteiger partial charge in [0.05, 0.1) is 11.1 Å². The second-order valence-electron chi connectivity index (χ2n) is 14.9. The number of hydrogen-bond donors (Lipinski definition) is 2. The van der Waals surface area contributed by atoms with Crippen LogP contribution in [0.5, 0.6) is 5.75 Å². The number of carbonyl (C=O) groups excluding carboxylic acids is 4. The van der Waals surface area contributed by atoms with E-state index in [2.05, 4.69) is 20.8 Å². The van der Waals surface area contributed by atoms with Gasteiger partial charge in [0.2, 0.25) is 12.8 Å². The van der Waals surface area contributed by atoms with Crippen molar-refractivity contribution in [3.63, 3.8) is 0 Å². The topological polar surface area (TPSA) is 166 Å². The minimum Gasteiger partial charge on any atom is -0.489 e. The number of thioether (sulfide) groups is 1. The molecule has 1 saturated heterocycles. The van der Waals surface area contributed by atoms with Gasteiger partial charge in [-0.2, -0.15) is 0 Å². The zero-order chi connectivity index (χ0) is 42.4. The minimum atomic E-state index is -1.61. The summed E-state index contributed by atoms with van der Waals surface area (Å²) in [5.74, 6) is -3.27. The first-order valence-corrected chi connectivity index (χ1v) is 20.8. The Morgan fingerprint density at radius 2 is 1.52 bits per heavy atom. The Labute approximate surface area is 353 Å². The van der Waals surface area contributed by atoms with E-state index in [9.17, 15) is 28.5 Å². The maximum absolute atomic E-state index is 13.9. The van der Waals surface area contributed by atoms with Crippen LogP contribution in [0.15, 0.2) is 137 Å². The number of hydrogen-bond acceptors (Lipinski definition) is 13. The molecule has 4 aromatic carbocycles. The number of anilines is 1. The predicted octanol–water partition coefficient (Wildman–Crippen LogP) is 7.32. The molecule has 60 heavy (non-hydrogen) atoms. The zero-order valence-electron chi connectivity index (χ0n) is 32.7. The fraction of sp³-hybridized carbons (Fsp3) is 0.250. The lowest BCUT2D eigenvalue weighted by Gasteiger charge is -2.49. The van der Waals surface area contributed by atoms with E-state index in [1.165, 1.54) is 52.3 Å². The summed E-state index contributed by atoms with van der Waals surface area (Å²) < 4.78 is 30.0. The molecular formula is C44H40FN5O8S2. The fourth-order valence-corrected chi connectivity index (χ4v) is 8.92. The third-order valence-electron chi connectivity index (χ3n) is 9.81. The van der Waals surface area contributed by atoms with Crippen LogP contribution in [-0.4, -0.2) is 64.2 Å². The number of aromatic nitrogens is 1. The lowest BCUT2D eigenvalue weighted by Crippen LogP contribution is -2.71. The van der Waals surface area contributed by atoms with Crippen LogP contribution in [0.3, 0.4) is 0 Å². The van der Waals surface area contributed by atoms with Crippen molar-refractivity contribution >= 4 is 52.0 Å². The summed E-state index contributed by atoms with van der Waals surface area (Å²) in [5, 5.41) is 10.6. The van der Waals surface area contributed by atoms with E-state index in [0.717, 1.165) is 16.7 Å². The summed E-state index contributed by atoms with van der Waals surface area (Å²) in [4.78, 5) is 71.6. The average molecular weight is 850 g/mol. The van der Waals surface area contributed by atoms with Gasteiger partial charge in [-0.05, 0) is 54.8 Å². The summed E-state index contributed by atoms with van der Waals surface area (Å²) in [6.45, 7) is 4.01. The van der Waals surface area contributed by atoms with Gasteiger partial charge in [0, 0.05) is 22.8 Å². The summed E-state index contributed by atoms with van der Waals surface area (Å²) in [6, 6.07) is 32.2. The number of nitrogens with one attached hydrogen (secondary N) is 2. The summed E-state index contributed by atoms with van der Waals surface area (Å²) in [6.07, 6.45) is 0. The van der Waals surface area contributed by atoms with Crippen molar-refractivity contribution in [2.75, 3.05) is 24.5 Å². The maximum Gasteiger partial charge on any atom is 0.358 e. The van der Waals surface area contributed by atoms with Gasteiger partial charge >= 0.3 is 11.9 Å². The van der Waals surface area contributed by atoms with Gasteiger partial charge in [0.1, 0.15) is 40.8 Å². The molecule has 3 heterocycles. The van der Waals surface area contributed by atoms with Gasteiger partial charge in [0.15, 0.2) is 5.13 Å². The first kappa shape index (κ1) is 41.8. The van der Waals surface area contributed by atoms with E-state index in [1.54, 1.807) is 26.2 Å². The SMILES string of the molecule is CC(C)(C)C(=O)OCOC(=O)C1=C(COc2cccc(F)c2)CS[C@H]2C(NC(=O)C(N=O)c3csc(NC(c4ccccc4)(c4ccccc4)c4ccccc4)n3)C(=O)N12. The molecule has 2 amide bonds. The van der Waals surface area contributed by atoms with Crippen LogP contribution < -0.4 is 15.4 Å². The van der Waals surface area contributed by atoms with E-state index in [1.807, 2.05) is 91.0 Å². The Morgan fingerprint density at radius 1 is 0.900 bits per heavy atom. The highest BCUT2D eigenvalue weighted by molar-refractivity contribution is 8.00. The normalized spacial score (nSPS) is 16.8. The first-order valence-electron chi connectivity index (χ1n) is 18.8. The molecule has 16 heteroatoms. The van der Waals surface area contributed by atoms with Crippen LogP contribution in [0.4, 0.5) is 9.52 Å². The number of amides is 2. The largest absolute Gasteiger partial charge is 0.489 e. The Hall–Kier alpha value is -6.39. The fourth-order valence-electron chi connectivity index (χ4n) is 6.81. The average Bonchev–Trinajstić information content (AvgIpc) is 3.72. The van der Waals surface area contributed by atoms with Crippen molar-refractivity contribution in [1.29, 1.82) is 0 Å². The maximum atomic E-state index is 13.9. The minimum absolute atomic E-state index is 0.0729. The number of thiazole rings is 1. The monoisotopic (exact) mass is 849 g/mol. The summed E-state index contributed by atoms with van der Waals surface area (Å²) in [5.41, 5.74) is 1.25. The molecule has 2 aliphatic heterocycles. The zero-order valence-corrected chi connectivity index (χ0v) is 34.3. The first-order chi connectivity index (χ1) is 28.9. The molecule has 2 N–H and O–H groups in total. The quantitative estimate of drug-likeness (QED) is 0.0357. The van der Waals surface area contributed by atoms with E-state index in [-0.39, 0.29) is 29.5 Å². The summed E-state index contributed by atoms with van der Waals surface area (Å²) >= 11 is 2.43. The van der Waals surface area contributed by atoms with Gasteiger partial charge in [-0.1, -0.05) is 97.1 Å². The number of ether oxygens (including phenoxy) is 3. The van der Waals surface area contributed by atoms with Crippen molar-refractivity contribution < 1.29 is 37.8 Å². The molecule has 0 spiro atoms. The number of nitroso groups, excluding NO2 is 1. The molecule has 7 rings (SSSR count). The number of benzene rings is 4. The highest BCUT2D eigenvalue weighted by Crippen LogP contribution is 2.43. The molecule has 0 bridgehead atoms. The third-order valence-corrected chi connectivity index (χ3v) is 11.9. The van der Waals surface area contributed by atoms with Crippen molar-refractivity contribution in [3.8, 4) is 5.75 Å². The molecule has 308 valence electrons. The van der Waals surface area contributed by atoms with E-state index in [4.69, 9.17) is 14.2 Å². The molecular weight excluding hydrogens is 810 g/mol. The molecule has 3 atom stereocenters. The number of fused-ring (bicyclic) bond motifs is 1. The van der Waals surface area contributed by atoms with Crippen molar-refractivity contribution in [2.24, 2.45) is 10.6 Å². The molecule has 0 radical (unpaired) electrons. The van der Waals surface area contributed by atoms with Gasteiger partial charge < -0.3 is 24.8 Å². The van der Waals surface area contributed by atoms with Crippen LogP contribution in [0.25, 0.3) is 0 Å². The van der Waals surface area contributed by atoms with E-state index in [0.29, 0.717) is 10.7 Å². The Balaban J connectivity index is 1.10. The number of halogens is 1. The lowest BCUT2D eigenvalue weighted by atomic mass is 9.77. The molecule has 5 aromatic rings. The smallest absolute Gasteiger partial charge is 0.358 e. The molecule has 0 aliphatic carbocycles. The Kier molecular flexibility index (Phi) is 12.4. The van der Waals surface area contributed by atoms with Crippen molar-refractivity contribution in [3.05, 3.63) is 165 Å². The summed E-state index contributed by atoms with van der Waals surface area (Å²) in [7, 11) is 0. The number of β-lactam (4-membered cyclic amide) rings is 1. The van der Waals surface area contributed by atoms with Crippen LogP contribution >= 0.6 is 23.1 Å². The lowest BCUT2D eigenvalue weighted by molar-refractivity contribution is -0.173. The Bertz CT molecular complexity index is 2310. The van der Waals surface area contributed by atoms with Crippen LogP contribution in [0.1, 0.15) is 49.2 Å². The molecule has 13 nitrogen and oxygen atoms in total. The highest BCUT2D eigenvalue weighted by Gasteiger charge is 2.55. The van der Waals surface area contributed by atoms with Gasteiger partial charge in [-0.15, -0.1) is 28.0 Å².